The highest BCUT2D eigenvalue weighted by molar-refractivity contribution is 7.92. The minimum absolute atomic E-state index is 0.106. The van der Waals surface area contributed by atoms with Gasteiger partial charge in [-0.1, -0.05) is 13.3 Å². The lowest BCUT2D eigenvalue weighted by Crippen LogP contribution is -2.52. The van der Waals surface area contributed by atoms with E-state index in [4.69, 9.17) is 0 Å². The number of rotatable bonds is 5. The lowest BCUT2D eigenvalue weighted by atomic mass is 9.76. The summed E-state index contributed by atoms with van der Waals surface area (Å²) >= 11 is 0. The number of nitrogens with zero attached hydrogens (tertiary/aromatic N) is 1. The van der Waals surface area contributed by atoms with Gasteiger partial charge in [0.2, 0.25) is 5.91 Å². The van der Waals surface area contributed by atoms with Crippen LogP contribution >= 0.6 is 0 Å². The highest BCUT2D eigenvalue weighted by Gasteiger charge is 2.44. The number of piperidine rings is 1. The van der Waals surface area contributed by atoms with Crippen molar-refractivity contribution in [1.29, 1.82) is 0 Å². The summed E-state index contributed by atoms with van der Waals surface area (Å²) in [6.07, 6.45) is 3.37. The number of hydrogen-bond donors (Lipinski definition) is 1. The Kier molecular flexibility index (Phi) is 5.18. The fourth-order valence-electron chi connectivity index (χ4n) is 2.72. The van der Waals surface area contributed by atoms with Gasteiger partial charge in [0.1, 0.15) is 5.25 Å². The molecular weight excluding hydrogens is 282 g/mol. The van der Waals surface area contributed by atoms with Crippen molar-refractivity contribution < 1.29 is 23.1 Å². The number of hydrogen-bond acceptors (Lipinski definition) is 4. The van der Waals surface area contributed by atoms with Crippen LogP contribution < -0.4 is 0 Å². The van der Waals surface area contributed by atoms with Crippen LogP contribution in [0.1, 0.15) is 39.5 Å². The zero-order valence-corrected chi connectivity index (χ0v) is 13.1. The number of amides is 1. The summed E-state index contributed by atoms with van der Waals surface area (Å²) in [5.74, 6) is -1.39. The van der Waals surface area contributed by atoms with Crippen molar-refractivity contribution in [2.45, 2.75) is 44.8 Å². The van der Waals surface area contributed by atoms with E-state index >= 15 is 0 Å². The molecule has 6 nitrogen and oxygen atoms in total. The maximum atomic E-state index is 12.2. The van der Waals surface area contributed by atoms with Gasteiger partial charge in [0.25, 0.3) is 0 Å². The molecule has 1 aliphatic heterocycles. The second-order valence-corrected chi connectivity index (χ2v) is 8.04. The maximum Gasteiger partial charge on any atom is 0.311 e. The molecule has 1 amide bonds. The molecule has 1 N–H and O–H groups in total. The first kappa shape index (κ1) is 16.9. The molecule has 0 radical (unpaired) electrons. The summed E-state index contributed by atoms with van der Waals surface area (Å²) in [7, 11) is -3.46. The van der Waals surface area contributed by atoms with Crippen LogP contribution in [0.2, 0.25) is 0 Å². The molecular formula is C13H23NO5S. The first-order valence-corrected chi connectivity index (χ1v) is 8.80. The Labute approximate surface area is 120 Å². The Hall–Kier alpha value is -1.11. The zero-order chi connectivity index (χ0) is 15.6. The topological polar surface area (TPSA) is 91.8 Å². The van der Waals surface area contributed by atoms with Crippen molar-refractivity contribution in [2.75, 3.05) is 19.3 Å². The van der Waals surface area contributed by atoms with Crippen molar-refractivity contribution in [1.82, 2.24) is 4.90 Å². The van der Waals surface area contributed by atoms with Gasteiger partial charge in [-0.15, -0.1) is 0 Å². The van der Waals surface area contributed by atoms with Crippen LogP contribution in [0, 0.1) is 5.41 Å². The molecule has 7 heteroatoms. The molecule has 20 heavy (non-hydrogen) atoms. The van der Waals surface area contributed by atoms with Gasteiger partial charge in [-0.3, -0.25) is 9.59 Å². The van der Waals surface area contributed by atoms with Crippen LogP contribution in [0.5, 0.6) is 0 Å². The molecule has 0 saturated carbocycles. The van der Waals surface area contributed by atoms with Crippen molar-refractivity contribution in [3.63, 3.8) is 0 Å². The van der Waals surface area contributed by atoms with E-state index in [0.29, 0.717) is 25.8 Å². The smallest absolute Gasteiger partial charge is 0.311 e. The summed E-state index contributed by atoms with van der Waals surface area (Å²) in [6, 6.07) is 0. The lowest BCUT2D eigenvalue weighted by molar-refractivity contribution is -0.155. The average molecular weight is 305 g/mol. The number of likely N-dealkylation sites (tertiary alicyclic amines) is 1. The molecule has 116 valence electrons. The molecule has 1 aliphatic rings. The van der Waals surface area contributed by atoms with Crippen LogP contribution in [0.25, 0.3) is 0 Å². The van der Waals surface area contributed by atoms with Crippen LogP contribution in [0.3, 0.4) is 0 Å². The number of aliphatic carboxylic acids is 1. The normalized spacial score (nSPS) is 25.2. The fraction of sp³-hybridized carbons (Fsp3) is 0.846. The molecule has 0 aromatic heterocycles. The molecule has 2 unspecified atom stereocenters. The Morgan fingerprint density at radius 1 is 1.40 bits per heavy atom. The van der Waals surface area contributed by atoms with Crippen LogP contribution in [0.4, 0.5) is 0 Å². The highest BCUT2D eigenvalue weighted by atomic mass is 32.2. The predicted molar refractivity (Wildman–Crippen MR) is 75.1 cm³/mol. The highest BCUT2D eigenvalue weighted by Crippen LogP contribution is 2.35. The van der Waals surface area contributed by atoms with Crippen LogP contribution in [-0.2, 0) is 19.4 Å². The Morgan fingerprint density at radius 2 is 2.00 bits per heavy atom. The van der Waals surface area contributed by atoms with E-state index in [2.05, 4.69) is 0 Å². The van der Waals surface area contributed by atoms with Gasteiger partial charge in [-0.25, -0.2) is 8.42 Å². The van der Waals surface area contributed by atoms with Gasteiger partial charge in [-0.2, -0.15) is 0 Å². The first-order chi connectivity index (χ1) is 9.14. The zero-order valence-electron chi connectivity index (χ0n) is 12.3. The quantitative estimate of drug-likeness (QED) is 0.815. The van der Waals surface area contributed by atoms with Gasteiger partial charge < -0.3 is 10.0 Å². The molecule has 1 fully saturated rings. The molecule has 0 aliphatic carbocycles. The Morgan fingerprint density at radius 3 is 2.45 bits per heavy atom. The van der Waals surface area contributed by atoms with Gasteiger partial charge in [0, 0.05) is 19.3 Å². The Balaban J connectivity index is 2.93. The van der Waals surface area contributed by atoms with Gasteiger partial charge in [0.15, 0.2) is 9.84 Å². The molecule has 0 aromatic carbocycles. The van der Waals surface area contributed by atoms with E-state index in [0.717, 1.165) is 12.7 Å². The molecule has 0 aromatic rings. The SMILES string of the molecule is CCCC1(C(=O)O)CCCN(C(=O)C(C)S(C)(=O)=O)C1. The molecule has 1 heterocycles. The number of sulfone groups is 1. The van der Waals surface area contributed by atoms with Crippen molar-refractivity contribution in [2.24, 2.45) is 5.41 Å². The van der Waals surface area contributed by atoms with E-state index < -0.39 is 32.4 Å². The predicted octanol–water partition coefficient (Wildman–Crippen LogP) is 0.913. The van der Waals surface area contributed by atoms with Gasteiger partial charge >= 0.3 is 5.97 Å². The second-order valence-electron chi connectivity index (χ2n) is 5.67. The van der Waals surface area contributed by atoms with E-state index in [1.54, 1.807) is 0 Å². The molecule has 0 bridgehead atoms. The molecule has 1 saturated heterocycles. The summed E-state index contributed by atoms with van der Waals surface area (Å²) in [5, 5.41) is 8.34. The summed E-state index contributed by atoms with van der Waals surface area (Å²) in [6.45, 7) is 3.80. The average Bonchev–Trinajstić information content (AvgIpc) is 2.36. The minimum atomic E-state index is -3.46. The third kappa shape index (κ3) is 3.50. The number of carbonyl (C=O) groups is 2. The Bertz CT molecular complexity index is 483. The number of carboxylic acid groups (broad SMARTS) is 1. The van der Waals surface area contributed by atoms with E-state index in [-0.39, 0.29) is 6.54 Å². The van der Waals surface area contributed by atoms with Crippen molar-refractivity contribution in [3.8, 4) is 0 Å². The van der Waals surface area contributed by atoms with E-state index in [9.17, 15) is 23.1 Å². The second kappa shape index (κ2) is 6.11. The maximum absolute atomic E-state index is 12.2. The fourth-order valence-corrected chi connectivity index (χ4v) is 3.24. The lowest BCUT2D eigenvalue weighted by Gasteiger charge is -2.40. The largest absolute Gasteiger partial charge is 0.481 e. The summed E-state index contributed by atoms with van der Waals surface area (Å²) < 4.78 is 22.9. The van der Waals surface area contributed by atoms with E-state index in [1.807, 2.05) is 6.92 Å². The van der Waals surface area contributed by atoms with Gasteiger partial charge in [-0.05, 0) is 26.2 Å². The standard InChI is InChI=1S/C13H23NO5S/c1-4-6-13(12(16)17)7-5-8-14(9-13)11(15)10(2)20(3,18)19/h10H,4-9H2,1-3H3,(H,16,17). The van der Waals surface area contributed by atoms with Crippen LogP contribution in [-0.4, -0.2) is 54.9 Å². The third-order valence-corrected chi connectivity index (χ3v) is 5.55. The summed E-state index contributed by atoms with van der Waals surface area (Å²) in [4.78, 5) is 25.2. The first-order valence-electron chi connectivity index (χ1n) is 6.85. The summed E-state index contributed by atoms with van der Waals surface area (Å²) in [5.41, 5.74) is -0.931. The van der Waals surface area contributed by atoms with E-state index in [1.165, 1.54) is 11.8 Å². The van der Waals surface area contributed by atoms with Crippen molar-refractivity contribution >= 4 is 21.7 Å². The minimum Gasteiger partial charge on any atom is -0.481 e. The molecule has 0 spiro atoms. The van der Waals surface area contributed by atoms with Gasteiger partial charge in [0.05, 0.1) is 5.41 Å². The number of carboxylic acids is 1. The third-order valence-electron chi connectivity index (χ3n) is 4.06. The molecule has 1 rings (SSSR count). The monoisotopic (exact) mass is 305 g/mol. The molecule has 2 atom stereocenters. The number of carbonyl (C=O) groups excluding carboxylic acids is 1. The van der Waals surface area contributed by atoms with Crippen molar-refractivity contribution in [3.05, 3.63) is 0 Å². The van der Waals surface area contributed by atoms with Crippen LogP contribution in [0.15, 0.2) is 0 Å².